The van der Waals surface area contributed by atoms with Crippen LogP contribution < -0.4 is 10.2 Å². The summed E-state index contributed by atoms with van der Waals surface area (Å²) >= 11 is 6.01. The van der Waals surface area contributed by atoms with Crippen LogP contribution in [0.25, 0.3) is 0 Å². The fraction of sp³-hybridized carbons (Fsp3) is 0.333. The summed E-state index contributed by atoms with van der Waals surface area (Å²) in [7, 11) is 0. The molecule has 6 heteroatoms. The second-order valence-corrected chi connectivity index (χ2v) is 6.31. The fourth-order valence-electron chi connectivity index (χ4n) is 2.79. The summed E-state index contributed by atoms with van der Waals surface area (Å²) in [6.45, 7) is 5.31. The molecular formula is C18H21ClN4O. The Morgan fingerprint density at radius 2 is 2.00 bits per heavy atom. The second kappa shape index (κ2) is 7.53. The summed E-state index contributed by atoms with van der Waals surface area (Å²) in [5.74, 6) is 1.08. The lowest BCUT2D eigenvalue weighted by Gasteiger charge is -2.35. The van der Waals surface area contributed by atoms with Gasteiger partial charge in [0.2, 0.25) is 5.91 Å². The van der Waals surface area contributed by atoms with Crippen molar-refractivity contribution in [1.29, 1.82) is 0 Å². The molecule has 5 nitrogen and oxygen atoms in total. The number of carbonyl (C=O) groups is 1. The van der Waals surface area contributed by atoms with Crippen LogP contribution in [0.15, 0.2) is 42.6 Å². The van der Waals surface area contributed by atoms with Crippen molar-refractivity contribution >= 4 is 29.0 Å². The van der Waals surface area contributed by atoms with E-state index in [-0.39, 0.29) is 12.5 Å². The number of amides is 1. The number of anilines is 2. The van der Waals surface area contributed by atoms with Crippen LogP contribution in [-0.2, 0) is 4.79 Å². The third-order valence-corrected chi connectivity index (χ3v) is 4.47. The van der Waals surface area contributed by atoms with Crippen LogP contribution in [0.2, 0.25) is 5.02 Å². The van der Waals surface area contributed by atoms with Crippen molar-refractivity contribution in [1.82, 2.24) is 9.88 Å². The number of halogens is 1. The molecule has 1 N–H and O–H groups in total. The molecule has 2 aromatic rings. The molecule has 1 aromatic heterocycles. The number of rotatable bonds is 4. The molecule has 0 radical (unpaired) electrons. The van der Waals surface area contributed by atoms with E-state index >= 15 is 0 Å². The lowest BCUT2D eigenvalue weighted by molar-refractivity contribution is -0.129. The van der Waals surface area contributed by atoms with Crippen LogP contribution in [-0.4, -0.2) is 48.5 Å². The lowest BCUT2D eigenvalue weighted by Crippen LogP contribution is -2.50. The van der Waals surface area contributed by atoms with Crippen molar-refractivity contribution < 1.29 is 4.79 Å². The van der Waals surface area contributed by atoms with Crippen LogP contribution in [0.4, 0.5) is 11.5 Å². The minimum atomic E-state index is 0.107. The van der Waals surface area contributed by atoms with Gasteiger partial charge in [-0.3, -0.25) is 4.79 Å². The van der Waals surface area contributed by atoms with E-state index in [0.29, 0.717) is 18.1 Å². The summed E-state index contributed by atoms with van der Waals surface area (Å²) in [6, 6.07) is 11.5. The van der Waals surface area contributed by atoms with Gasteiger partial charge in [-0.2, -0.15) is 0 Å². The number of aromatic nitrogens is 1. The summed E-state index contributed by atoms with van der Waals surface area (Å²) in [6.07, 6.45) is 1.80. The van der Waals surface area contributed by atoms with Crippen molar-refractivity contribution in [3.63, 3.8) is 0 Å². The SMILES string of the molecule is Cc1ccc(Cl)cc1NCC(=O)N1CCN(c2ccccn2)CC1. The largest absolute Gasteiger partial charge is 0.376 e. The first-order valence-corrected chi connectivity index (χ1v) is 8.45. The quantitative estimate of drug-likeness (QED) is 0.926. The number of pyridine rings is 1. The number of benzene rings is 1. The van der Waals surface area contributed by atoms with Crippen LogP contribution in [0.1, 0.15) is 5.56 Å². The number of aryl methyl sites for hydroxylation is 1. The molecule has 1 saturated heterocycles. The van der Waals surface area contributed by atoms with E-state index in [1.54, 1.807) is 6.20 Å². The van der Waals surface area contributed by atoms with Crippen molar-refractivity contribution in [3.8, 4) is 0 Å². The van der Waals surface area contributed by atoms with Gasteiger partial charge in [0.05, 0.1) is 6.54 Å². The Labute approximate surface area is 147 Å². The van der Waals surface area contributed by atoms with Crippen molar-refractivity contribution in [2.24, 2.45) is 0 Å². The molecule has 0 atom stereocenters. The third kappa shape index (κ3) is 3.97. The number of nitrogens with zero attached hydrogens (tertiary/aromatic N) is 3. The molecule has 1 aliphatic heterocycles. The normalized spacial score (nSPS) is 14.6. The zero-order valence-corrected chi connectivity index (χ0v) is 14.5. The monoisotopic (exact) mass is 344 g/mol. The standard InChI is InChI=1S/C18H21ClN4O/c1-14-5-6-15(19)12-16(14)21-13-18(24)23-10-8-22(9-11-23)17-4-2-3-7-20-17/h2-7,12,21H,8-11,13H2,1H3. The van der Waals surface area contributed by atoms with Gasteiger partial charge < -0.3 is 15.1 Å². The van der Waals surface area contributed by atoms with E-state index in [1.165, 1.54) is 0 Å². The Morgan fingerprint density at radius 3 is 2.71 bits per heavy atom. The number of hydrogen-bond acceptors (Lipinski definition) is 4. The van der Waals surface area contributed by atoms with Crippen molar-refractivity contribution in [2.75, 3.05) is 42.9 Å². The molecule has 1 fully saturated rings. The molecule has 1 aliphatic rings. The predicted octanol–water partition coefficient (Wildman–Crippen LogP) is 2.80. The van der Waals surface area contributed by atoms with E-state index in [4.69, 9.17) is 11.6 Å². The van der Waals surface area contributed by atoms with Gasteiger partial charge in [0.1, 0.15) is 5.82 Å². The maximum absolute atomic E-state index is 12.4. The number of piperazine rings is 1. The Hall–Kier alpha value is -2.27. The zero-order chi connectivity index (χ0) is 16.9. The third-order valence-electron chi connectivity index (χ3n) is 4.24. The Kier molecular flexibility index (Phi) is 5.20. The highest BCUT2D eigenvalue weighted by Crippen LogP contribution is 2.20. The minimum absolute atomic E-state index is 0.107. The molecule has 0 spiro atoms. The average Bonchev–Trinajstić information content (AvgIpc) is 2.63. The molecule has 1 amide bonds. The van der Waals surface area contributed by atoms with Gasteiger partial charge in [-0.15, -0.1) is 0 Å². The molecule has 0 bridgehead atoms. The smallest absolute Gasteiger partial charge is 0.241 e. The van der Waals surface area contributed by atoms with Crippen molar-refractivity contribution in [2.45, 2.75) is 6.92 Å². The second-order valence-electron chi connectivity index (χ2n) is 5.87. The molecule has 2 heterocycles. The Morgan fingerprint density at radius 1 is 1.21 bits per heavy atom. The first-order valence-electron chi connectivity index (χ1n) is 8.07. The molecule has 0 saturated carbocycles. The van der Waals surface area contributed by atoms with Gasteiger partial charge in [0, 0.05) is 43.1 Å². The van der Waals surface area contributed by atoms with E-state index in [0.717, 1.165) is 30.2 Å². The van der Waals surface area contributed by atoms with Crippen LogP contribution in [0.5, 0.6) is 0 Å². The van der Waals surface area contributed by atoms with Gasteiger partial charge in [0.15, 0.2) is 0 Å². The Bertz CT molecular complexity index is 699. The fourth-order valence-corrected chi connectivity index (χ4v) is 2.97. The first-order chi connectivity index (χ1) is 11.6. The van der Waals surface area contributed by atoms with Crippen LogP contribution in [0.3, 0.4) is 0 Å². The topological polar surface area (TPSA) is 48.5 Å². The van der Waals surface area contributed by atoms with Gasteiger partial charge in [0.25, 0.3) is 0 Å². The zero-order valence-electron chi connectivity index (χ0n) is 13.7. The highest BCUT2D eigenvalue weighted by atomic mass is 35.5. The van der Waals surface area contributed by atoms with Gasteiger partial charge in [-0.05, 0) is 36.8 Å². The van der Waals surface area contributed by atoms with Crippen LogP contribution >= 0.6 is 11.6 Å². The maximum Gasteiger partial charge on any atom is 0.241 e. The number of carbonyl (C=O) groups excluding carboxylic acids is 1. The average molecular weight is 345 g/mol. The molecular weight excluding hydrogens is 324 g/mol. The summed E-state index contributed by atoms with van der Waals surface area (Å²) in [4.78, 5) is 20.9. The van der Waals surface area contributed by atoms with Gasteiger partial charge in [-0.25, -0.2) is 4.98 Å². The summed E-state index contributed by atoms with van der Waals surface area (Å²) < 4.78 is 0. The van der Waals surface area contributed by atoms with E-state index in [9.17, 15) is 4.79 Å². The minimum Gasteiger partial charge on any atom is -0.376 e. The molecule has 1 aromatic carbocycles. The van der Waals surface area contributed by atoms with Gasteiger partial charge >= 0.3 is 0 Å². The predicted molar refractivity (Wildman–Crippen MR) is 97.7 cm³/mol. The van der Waals surface area contributed by atoms with E-state index in [1.807, 2.05) is 48.2 Å². The molecule has 3 rings (SSSR count). The van der Waals surface area contributed by atoms with E-state index in [2.05, 4.69) is 15.2 Å². The molecule has 24 heavy (non-hydrogen) atoms. The number of hydrogen-bond donors (Lipinski definition) is 1. The molecule has 126 valence electrons. The molecule has 0 unspecified atom stereocenters. The molecule has 0 aliphatic carbocycles. The highest BCUT2D eigenvalue weighted by Gasteiger charge is 2.21. The first kappa shape index (κ1) is 16.6. The van der Waals surface area contributed by atoms with Crippen molar-refractivity contribution in [3.05, 3.63) is 53.2 Å². The maximum atomic E-state index is 12.4. The lowest BCUT2D eigenvalue weighted by atomic mass is 10.2. The number of nitrogens with one attached hydrogen (secondary N) is 1. The highest BCUT2D eigenvalue weighted by molar-refractivity contribution is 6.30. The Balaban J connectivity index is 1.51. The van der Waals surface area contributed by atoms with Crippen LogP contribution in [0, 0.1) is 6.92 Å². The van der Waals surface area contributed by atoms with Gasteiger partial charge in [-0.1, -0.05) is 23.7 Å². The van der Waals surface area contributed by atoms with E-state index < -0.39 is 0 Å². The summed E-state index contributed by atoms with van der Waals surface area (Å²) in [5, 5.41) is 3.86. The summed E-state index contributed by atoms with van der Waals surface area (Å²) in [5.41, 5.74) is 1.98.